The molecular formula is C21H24N2. The topological polar surface area (TPSA) is 17.8 Å². The minimum Gasteiger partial charge on any atom is -0.294 e. The van der Waals surface area contributed by atoms with Crippen molar-refractivity contribution in [2.45, 2.75) is 39.5 Å². The molecule has 3 rings (SSSR count). The zero-order valence-corrected chi connectivity index (χ0v) is 14.0. The van der Waals surface area contributed by atoms with E-state index in [0.29, 0.717) is 0 Å². The van der Waals surface area contributed by atoms with Crippen LogP contribution in [-0.4, -0.2) is 9.55 Å². The van der Waals surface area contributed by atoms with E-state index in [1.165, 1.54) is 28.6 Å². The molecule has 2 aromatic heterocycles. The van der Waals surface area contributed by atoms with Gasteiger partial charge in [-0.05, 0) is 42.7 Å². The molecule has 118 valence electrons. The van der Waals surface area contributed by atoms with Crippen LogP contribution in [-0.2, 0) is 0 Å². The smallest absolute Gasteiger partial charge is 0.137 e. The zero-order valence-electron chi connectivity index (χ0n) is 14.0. The van der Waals surface area contributed by atoms with Crippen LogP contribution in [0.3, 0.4) is 0 Å². The van der Waals surface area contributed by atoms with Gasteiger partial charge in [0.15, 0.2) is 0 Å². The van der Waals surface area contributed by atoms with Crippen LogP contribution in [0.2, 0.25) is 0 Å². The molecule has 23 heavy (non-hydrogen) atoms. The van der Waals surface area contributed by atoms with Gasteiger partial charge in [-0.25, -0.2) is 4.98 Å². The third-order valence-electron chi connectivity index (χ3n) is 4.12. The first kappa shape index (κ1) is 15.5. The normalized spacial score (nSPS) is 12.0. The molecule has 0 saturated heterocycles. The van der Waals surface area contributed by atoms with Crippen molar-refractivity contribution in [1.29, 1.82) is 0 Å². The van der Waals surface area contributed by atoms with Crippen LogP contribution in [0.15, 0.2) is 60.8 Å². The van der Waals surface area contributed by atoms with Gasteiger partial charge in [-0.3, -0.25) is 4.57 Å². The van der Waals surface area contributed by atoms with E-state index in [1.807, 2.05) is 12.3 Å². The summed E-state index contributed by atoms with van der Waals surface area (Å²) in [6, 6.07) is 17.0. The Morgan fingerprint density at radius 3 is 2.61 bits per heavy atom. The van der Waals surface area contributed by atoms with Crippen molar-refractivity contribution < 1.29 is 0 Å². The summed E-state index contributed by atoms with van der Waals surface area (Å²) in [7, 11) is 0. The van der Waals surface area contributed by atoms with Gasteiger partial charge in [0.25, 0.3) is 0 Å². The Morgan fingerprint density at radius 1 is 1.04 bits per heavy atom. The van der Waals surface area contributed by atoms with Crippen LogP contribution in [0.5, 0.6) is 0 Å². The Hall–Kier alpha value is -2.35. The van der Waals surface area contributed by atoms with Crippen LogP contribution >= 0.6 is 0 Å². The number of hydrogen-bond donors (Lipinski definition) is 0. The van der Waals surface area contributed by atoms with E-state index in [2.05, 4.69) is 71.9 Å². The van der Waals surface area contributed by atoms with Crippen LogP contribution in [0.4, 0.5) is 0 Å². The summed E-state index contributed by atoms with van der Waals surface area (Å²) < 4.78 is 2.30. The first-order valence-corrected chi connectivity index (χ1v) is 8.56. The predicted molar refractivity (Wildman–Crippen MR) is 98.9 cm³/mol. The largest absolute Gasteiger partial charge is 0.294 e. The third kappa shape index (κ3) is 3.21. The molecule has 0 fully saturated rings. The summed E-state index contributed by atoms with van der Waals surface area (Å²) in [6.45, 7) is 4.47. The number of benzene rings is 1. The molecule has 3 aromatic rings. The molecule has 0 spiro atoms. The average Bonchev–Trinajstić information content (AvgIpc) is 2.98. The average molecular weight is 304 g/mol. The number of aromatic nitrogens is 2. The molecule has 0 radical (unpaired) electrons. The summed E-state index contributed by atoms with van der Waals surface area (Å²) in [6.07, 6.45) is 8.82. The van der Waals surface area contributed by atoms with Gasteiger partial charge in [-0.2, -0.15) is 0 Å². The van der Waals surface area contributed by atoms with Crippen molar-refractivity contribution in [3.63, 3.8) is 0 Å². The highest BCUT2D eigenvalue weighted by atomic mass is 15.1. The molecule has 2 heteroatoms. The fourth-order valence-electron chi connectivity index (χ4n) is 3.05. The molecule has 2 heterocycles. The van der Waals surface area contributed by atoms with Crippen LogP contribution < -0.4 is 0 Å². The van der Waals surface area contributed by atoms with Crippen molar-refractivity contribution in [1.82, 2.24) is 9.55 Å². The number of unbranched alkanes of at least 4 members (excludes halogenated alkanes) is 1. The third-order valence-corrected chi connectivity index (χ3v) is 4.12. The van der Waals surface area contributed by atoms with E-state index >= 15 is 0 Å². The molecule has 0 saturated carbocycles. The molecule has 0 N–H and O–H groups in total. The second-order valence-electron chi connectivity index (χ2n) is 5.88. The first-order chi connectivity index (χ1) is 11.3. The number of allylic oxidation sites excluding steroid dienone is 2. The fraction of sp³-hybridized carbons (Fsp3) is 0.286. The lowest BCUT2D eigenvalue weighted by atomic mass is 10.0. The SMILES string of the molecule is CCC/C=C(\CCC)c1cc2ccccc2n1-c1ccccn1. The predicted octanol–water partition coefficient (Wildman–Crippen LogP) is 6.01. The van der Waals surface area contributed by atoms with Crippen LogP contribution in [0.1, 0.15) is 45.2 Å². The highest BCUT2D eigenvalue weighted by Crippen LogP contribution is 2.30. The van der Waals surface area contributed by atoms with Gasteiger partial charge in [0.2, 0.25) is 0 Å². The first-order valence-electron chi connectivity index (χ1n) is 8.56. The molecule has 0 unspecified atom stereocenters. The highest BCUT2D eigenvalue weighted by Gasteiger charge is 2.14. The van der Waals surface area contributed by atoms with Gasteiger partial charge in [0.1, 0.15) is 5.82 Å². The van der Waals surface area contributed by atoms with Crippen molar-refractivity contribution in [2.24, 2.45) is 0 Å². The number of pyridine rings is 1. The number of fused-ring (bicyclic) bond motifs is 1. The molecule has 0 bridgehead atoms. The highest BCUT2D eigenvalue weighted by molar-refractivity contribution is 5.87. The lowest BCUT2D eigenvalue weighted by molar-refractivity contribution is 0.917. The molecule has 0 atom stereocenters. The van der Waals surface area contributed by atoms with E-state index in [4.69, 9.17) is 0 Å². The molecule has 0 aliphatic carbocycles. The number of para-hydroxylation sites is 1. The minimum absolute atomic E-state index is 0.988. The number of nitrogens with zero attached hydrogens (tertiary/aromatic N) is 2. The Labute approximate surface area is 138 Å². The summed E-state index contributed by atoms with van der Waals surface area (Å²) in [5, 5.41) is 1.27. The maximum absolute atomic E-state index is 4.59. The Kier molecular flexibility index (Phi) is 4.92. The van der Waals surface area contributed by atoms with E-state index in [1.54, 1.807) is 0 Å². The quantitative estimate of drug-likeness (QED) is 0.545. The van der Waals surface area contributed by atoms with E-state index in [0.717, 1.165) is 25.1 Å². The van der Waals surface area contributed by atoms with Gasteiger partial charge in [0.05, 0.1) is 11.2 Å². The molecule has 0 aliphatic heterocycles. The van der Waals surface area contributed by atoms with Gasteiger partial charge in [0, 0.05) is 11.6 Å². The molecule has 2 nitrogen and oxygen atoms in total. The van der Waals surface area contributed by atoms with Crippen molar-refractivity contribution >= 4 is 16.5 Å². The van der Waals surface area contributed by atoms with Crippen molar-refractivity contribution in [3.05, 3.63) is 66.5 Å². The van der Waals surface area contributed by atoms with E-state index in [9.17, 15) is 0 Å². The maximum Gasteiger partial charge on any atom is 0.137 e. The van der Waals surface area contributed by atoms with E-state index in [-0.39, 0.29) is 0 Å². The molecule has 0 aliphatic rings. The van der Waals surface area contributed by atoms with Crippen molar-refractivity contribution in [3.8, 4) is 5.82 Å². The number of hydrogen-bond acceptors (Lipinski definition) is 1. The summed E-state index contributed by atoms with van der Waals surface area (Å²) in [5.41, 5.74) is 3.93. The summed E-state index contributed by atoms with van der Waals surface area (Å²) in [4.78, 5) is 4.59. The number of rotatable bonds is 6. The fourth-order valence-corrected chi connectivity index (χ4v) is 3.05. The van der Waals surface area contributed by atoms with Gasteiger partial charge >= 0.3 is 0 Å². The second-order valence-corrected chi connectivity index (χ2v) is 5.88. The standard InChI is InChI=1S/C21H24N2/c1-3-5-11-17(10-4-2)20-16-18-12-6-7-13-19(18)23(20)21-14-8-9-15-22-21/h6-9,11-16H,3-5,10H2,1-2H3/b17-11+. The monoisotopic (exact) mass is 304 g/mol. The van der Waals surface area contributed by atoms with Crippen molar-refractivity contribution in [2.75, 3.05) is 0 Å². The molecular weight excluding hydrogens is 280 g/mol. The Morgan fingerprint density at radius 2 is 1.87 bits per heavy atom. The lowest BCUT2D eigenvalue weighted by Crippen LogP contribution is -2.02. The van der Waals surface area contributed by atoms with Crippen LogP contribution in [0.25, 0.3) is 22.3 Å². The van der Waals surface area contributed by atoms with E-state index < -0.39 is 0 Å². The van der Waals surface area contributed by atoms with Gasteiger partial charge in [-0.15, -0.1) is 0 Å². The molecule has 1 aromatic carbocycles. The van der Waals surface area contributed by atoms with Gasteiger partial charge in [-0.1, -0.05) is 57.0 Å². The van der Waals surface area contributed by atoms with Gasteiger partial charge < -0.3 is 0 Å². The summed E-state index contributed by atoms with van der Waals surface area (Å²) >= 11 is 0. The maximum atomic E-state index is 4.59. The van der Waals surface area contributed by atoms with Crippen LogP contribution in [0, 0.1) is 0 Å². The second kappa shape index (κ2) is 7.28. The molecule has 0 amide bonds. The Balaban J connectivity index is 2.23. The zero-order chi connectivity index (χ0) is 16.1. The summed E-state index contributed by atoms with van der Waals surface area (Å²) in [5.74, 6) is 0.988. The lowest BCUT2D eigenvalue weighted by Gasteiger charge is -2.13. The Bertz CT molecular complexity index is 797. The minimum atomic E-state index is 0.988.